The van der Waals surface area contributed by atoms with Crippen LogP contribution >= 0.6 is 11.8 Å². The first kappa shape index (κ1) is 25.1. The zero-order chi connectivity index (χ0) is 22.1. The Bertz CT molecular complexity index is 652. The minimum absolute atomic E-state index is 0.0640. The number of rotatable bonds is 10. The number of hydrogen-bond donors (Lipinski definition) is 3. The summed E-state index contributed by atoms with van der Waals surface area (Å²) < 4.78 is 16.3. The van der Waals surface area contributed by atoms with Crippen LogP contribution in [0.3, 0.4) is 0 Å². The Kier molecular flexibility index (Phi) is 9.77. The average molecular weight is 432 g/mol. The van der Waals surface area contributed by atoms with Gasteiger partial charge in [0.05, 0.1) is 6.61 Å². The van der Waals surface area contributed by atoms with E-state index in [0.29, 0.717) is 5.75 Å². The molecule has 10 nitrogen and oxygen atoms in total. The maximum absolute atomic E-state index is 12.5. The number of carboxylic acids is 1. The topological polar surface area (TPSA) is 140 Å². The van der Waals surface area contributed by atoms with E-state index < -0.39 is 28.6 Å². The van der Waals surface area contributed by atoms with Gasteiger partial charge in [-0.15, -0.1) is 0 Å². The summed E-state index contributed by atoms with van der Waals surface area (Å²) in [6.45, 7) is 5.89. The van der Waals surface area contributed by atoms with Crippen LogP contribution in [0.4, 0.5) is 0 Å². The predicted octanol–water partition coefficient (Wildman–Crippen LogP) is 0.271. The number of hydrogen-bond acceptors (Lipinski definition) is 8. The lowest BCUT2D eigenvalue weighted by Gasteiger charge is -2.44. The molecular weight excluding hydrogens is 404 g/mol. The molecule has 1 fully saturated rings. The van der Waals surface area contributed by atoms with Gasteiger partial charge in [-0.25, -0.2) is 4.79 Å². The quantitative estimate of drug-likeness (QED) is 0.328. The van der Waals surface area contributed by atoms with Crippen molar-refractivity contribution in [3.8, 4) is 0 Å². The van der Waals surface area contributed by atoms with Gasteiger partial charge >= 0.3 is 5.97 Å². The molecule has 11 heteroatoms. The number of amides is 2. The van der Waals surface area contributed by atoms with Crippen LogP contribution in [-0.2, 0) is 33.4 Å². The number of thioether (sulfide) groups is 1. The van der Waals surface area contributed by atoms with Gasteiger partial charge in [0, 0.05) is 50.8 Å². The summed E-state index contributed by atoms with van der Waals surface area (Å²) in [5, 5.41) is 13.3. The minimum atomic E-state index is -1.30. The van der Waals surface area contributed by atoms with Crippen LogP contribution in [0.25, 0.3) is 0 Å². The molecule has 0 aromatic heterocycles. The van der Waals surface area contributed by atoms with Gasteiger partial charge < -0.3 is 30.0 Å². The fourth-order valence-electron chi connectivity index (χ4n) is 2.33. The van der Waals surface area contributed by atoms with Crippen LogP contribution in [-0.4, -0.2) is 72.6 Å². The summed E-state index contributed by atoms with van der Waals surface area (Å²) in [4.78, 5) is 45.9. The first-order valence-electron chi connectivity index (χ1n) is 8.98. The molecule has 0 aromatic rings. The summed E-state index contributed by atoms with van der Waals surface area (Å²) >= 11 is 0.896. The van der Waals surface area contributed by atoms with Gasteiger partial charge in [-0.05, 0) is 6.08 Å². The largest absolute Gasteiger partial charge is 0.478 e. The van der Waals surface area contributed by atoms with Crippen molar-refractivity contribution in [3.63, 3.8) is 0 Å². The highest BCUT2D eigenvalue weighted by Crippen LogP contribution is 2.35. The second-order valence-electron chi connectivity index (χ2n) is 7.07. The van der Waals surface area contributed by atoms with Crippen LogP contribution < -0.4 is 10.6 Å². The molecule has 0 bridgehead atoms. The lowest BCUT2D eigenvalue weighted by molar-refractivity contribution is -0.413. The standard InChI is InChI=1S/C18H28N2O8S/c1-17(2)11-27-18(3,26-4)28-15(17)16(25)20-8-7-12(21)19-9-10-29-14(24)6-5-13(22)23/h5-6,15H,7-11H2,1-4H3,(H,19,21)(H,20,25)(H,22,23)/b6-5+/t15-,18?/m0/s1. The summed E-state index contributed by atoms with van der Waals surface area (Å²) in [6, 6.07) is 0. The summed E-state index contributed by atoms with van der Waals surface area (Å²) in [5.74, 6) is -2.84. The first-order valence-corrected chi connectivity index (χ1v) is 9.97. The lowest BCUT2D eigenvalue weighted by atomic mass is 9.86. The highest BCUT2D eigenvalue weighted by atomic mass is 32.2. The molecule has 1 heterocycles. The minimum Gasteiger partial charge on any atom is -0.478 e. The second-order valence-corrected chi connectivity index (χ2v) is 8.17. The molecule has 1 aliphatic heterocycles. The van der Waals surface area contributed by atoms with Crippen molar-refractivity contribution in [2.75, 3.05) is 32.6 Å². The predicted molar refractivity (Wildman–Crippen MR) is 105 cm³/mol. The molecule has 1 aliphatic rings. The second kappa shape index (κ2) is 11.3. The molecule has 2 amide bonds. The van der Waals surface area contributed by atoms with E-state index in [2.05, 4.69) is 10.6 Å². The van der Waals surface area contributed by atoms with E-state index in [0.717, 1.165) is 23.9 Å². The monoisotopic (exact) mass is 432 g/mol. The van der Waals surface area contributed by atoms with Crippen LogP contribution in [0.15, 0.2) is 12.2 Å². The fourth-order valence-corrected chi connectivity index (χ4v) is 2.90. The number of carbonyl (C=O) groups excluding carboxylic acids is 3. The lowest BCUT2D eigenvalue weighted by Crippen LogP contribution is -2.58. The van der Waals surface area contributed by atoms with Gasteiger partial charge in [0.1, 0.15) is 6.10 Å². The molecule has 1 saturated heterocycles. The molecule has 0 spiro atoms. The fraction of sp³-hybridized carbons (Fsp3) is 0.667. The van der Waals surface area contributed by atoms with Crippen molar-refractivity contribution in [3.05, 3.63) is 12.2 Å². The number of methoxy groups -OCH3 is 1. The van der Waals surface area contributed by atoms with Crippen molar-refractivity contribution in [2.45, 2.75) is 39.3 Å². The molecule has 1 unspecified atom stereocenters. The van der Waals surface area contributed by atoms with E-state index in [1.54, 1.807) is 6.92 Å². The third-order valence-corrected chi connectivity index (χ3v) is 4.87. The molecule has 2 atom stereocenters. The van der Waals surface area contributed by atoms with Gasteiger partial charge in [-0.1, -0.05) is 25.6 Å². The number of ether oxygens (including phenoxy) is 3. The average Bonchev–Trinajstić information content (AvgIpc) is 2.65. The zero-order valence-corrected chi connectivity index (χ0v) is 17.8. The van der Waals surface area contributed by atoms with E-state index in [-0.39, 0.29) is 37.9 Å². The van der Waals surface area contributed by atoms with Crippen LogP contribution in [0.1, 0.15) is 27.2 Å². The SMILES string of the molecule is COC1(C)OCC(C)(C)[C@H](C(=O)NCCC(=O)NCCSC(=O)/C=C/C(=O)O)O1. The Morgan fingerprint density at radius 2 is 1.86 bits per heavy atom. The van der Waals surface area contributed by atoms with Crippen LogP contribution in [0.2, 0.25) is 0 Å². The van der Waals surface area contributed by atoms with Gasteiger partial charge in [0.2, 0.25) is 16.9 Å². The summed E-state index contributed by atoms with van der Waals surface area (Å²) in [7, 11) is 1.42. The number of aliphatic carboxylic acids is 1. The normalized spacial score (nSPS) is 23.5. The summed E-state index contributed by atoms with van der Waals surface area (Å²) in [5.41, 5.74) is -0.566. The molecule has 3 N–H and O–H groups in total. The molecule has 0 aliphatic carbocycles. The van der Waals surface area contributed by atoms with Gasteiger partial charge in [0.25, 0.3) is 5.97 Å². The van der Waals surface area contributed by atoms with Crippen molar-refractivity contribution in [1.29, 1.82) is 0 Å². The van der Waals surface area contributed by atoms with Gasteiger partial charge in [-0.3, -0.25) is 14.4 Å². The van der Waals surface area contributed by atoms with E-state index in [1.807, 2.05) is 13.8 Å². The van der Waals surface area contributed by atoms with E-state index in [4.69, 9.17) is 19.3 Å². The maximum Gasteiger partial charge on any atom is 0.328 e. The van der Waals surface area contributed by atoms with Gasteiger partial charge in [0.15, 0.2) is 0 Å². The molecule has 164 valence electrons. The third-order valence-electron chi connectivity index (χ3n) is 4.04. The first-order chi connectivity index (χ1) is 13.5. The van der Waals surface area contributed by atoms with Crippen molar-refractivity contribution in [2.24, 2.45) is 5.41 Å². The van der Waals surface area contributed by atoms with E-state index in [9.17, 15) is 19.2 Å². The van der Waals surface area contributed by atoms with E-state index in [1.165, 1.54) is 7.11 Å². The summed E-state index contributed by atoms with van der Waals surface area (Å²) in [6.07, 6.45) is 0.980. The molecule has 29 heavy (non-hydrogen) atoms. The molecular formula is C18H28N2O8S. The highest BCUT2D eigenvalue weighted by Gasteiger charge is 2.48. The molecule has 0 aromatic carbocycles. The van der Waals surface area contributed by atoms with Crippen LogP contribution in [0.5, 0.6) is 0 Å². The van der Waals surface area contributed by atoms with E-state index >= 15 is 0 Å². The smallest absolute Gasteiger partial charge is 0.328 e. The molecule has 0 radical (unpaired) electrons. The Morgan fingerprint density at radius 3 is 2.48 bits per heavy atom. The highest BCUT2D eigenvalue weighted by molar-refractivity contribution is 8.14. The molecule has 0 saturated carbocycles. The van der Waals surface area contributed by atoms with Crippen molar-refractivity contribution in [1.82, 2.24) is 10.6 Å². The Labute approximate surface area is 173 Å². The Balaban J connectivity index is 2.30. The third kappa shape index (κ3) is 8.94. The molecule has 1 rings (SSSR count). The maximum atomic E-state index is 12.5. The van der Waals surface area contributed by atoms with Crippen LogP contribution in [0, 0.1) is 5.41 Å². The number of nitrogens with one attached hydrogen (secondary N) is 2. The van der Waals surface area contributed by atoms with Gasteiger partial charge in [-0.2, -0.15) is 0 Å². The Morgan fingerprint density at radius 1 is 1.17 bits per heavy atom. The number of carboxylic acid groups (broad SMARTS) is 1. The Hall–Kier alpha value is -1.95. The van der Waals surface area contributed by atoms with Crippen molar-refractivity contribution < 1.29 is 38.5 Å². The number of carbonyl (C=O) groups is 4. The van der Waals surface area contributed by atoms with Crippen molar-refractivity contribution >= 4 is 34.7 Å². The zero-order valence-electron chi connectivity index (χ0n) is 17.0.